The molecule has 1 aromatic carbocycles. The van der Waals surface area contributed by atoms with Crippen LogP contribution in [0, 0.1) is 12.7 Å². The predicted octanol–water partition coefficient (Wildman–Crippen LogP) is 2.04. The van der Waals surface area contributed by atoms with Crippen molar-refractivity contribution in [2.75, 3.05) is 6.54 Å². The highest BCUT2D eigenvalue weighted by Crippen LogP contribution is 2.35. The van der Waals surface area contributed by atoms with Crippen molar-refractivity contribution >= 4 is 0 Å². The molecular formula is C17H16FN5O. The van der Waals surface area contributed by atoms with Gasteiger partial charge in [-0.05, 0) is 24.6 Å². The molecule has 6 nitrogen and oxygen atoms in total. The number of ether oxygens (including phenoxy) is 1. The molecule has 0 fully saturated rings. The Hall–Kier alpha value is -2.80. The Kier molecular flexibility index (Phi) is 3.50. The van der Waals surface area contributed by atoms with E-state index in [1.54, 1.807) is 16.9 Å². The van der Waals surface area contributed by atoms with Gasteiger partial charge in [-0.3, -0.25) is 0 Å². The van der Waals surface area contributed by atoms with Crippen LogP contribution >= 0.6 is 0 Å². The second kappa shape index (κ2) is 5.68. The fourth-order valence-electron chi connectivity index (χ4n) is 2.84. The lowest BCUT2D eigenvalue weighted by Crippen LogP contribution is -2.24. The molecule has 0 radical (unpaired) electrons. The van der Waals surface area contributed by atoms with E-state index in [1.807, 2.05) is 19.2 Å². The fraction of sp³-hybridized carbons (Fsp3) is 0.235. The fourth-order valence-corrected chi connectivity index (χ4v) is 2.84. The highest BCUT2D eigenvalue weighted by Gasteiger charge is 2.26. The van der Waals surface area contributed by atoms with Gasteiger partial charge in [0, 0.05) is 36.4 Å². The third-order valence-electron chi connectivity index (χ3n) is 4.01. The molecule has 1 aliphatic heterocycles. The van der Waals surface area contributed by atoms with Crippen molar-refractivity contribution in [1.29, 1.82) is 0 Å². The molecule has 3 aromatic rings. The van der Waals surface area contributed by atoms with E-state index in [9.17, 15) is 4.39 Å². The summed E-state index contributed by atoms with van der Waals surface area (Å²) in [4.78, 5) is 8.49. The molecule has 7 heteroatoms. The first-order valence-corrected chi connectivity index (χ1v) is 7.67. The van der Waals surface area contributed by atoms with Gasteiger partial charge >= 0.3 is 0 Å². The predicted molar refractivity (Wildman–Crippen MR) is 86.5 cm³/mol. The topological polar surface area (TPSA) is 78.9 Å². The van der Waals surface area contributed by atoms with Gasteiger partial charge in [-0.15, -0.1) is 0 Å². The molecule has 1 atom stereocenters. The standard InChI is InChI=1S/C17H16FN5O/c1-10-7-22-23(8-10)16-5-15(20-9-21-16)11-2-12-3-13(6-19)24-17(12)14(18)4-11/h2,4-5,7-9,13H,3,6,19H2,1H3/t13-/m1/s1. The molecule has 0 aliphatic carbocycles. The molecule has 0 saturated carbocycles. The largest absolute Gasteiger partial charge is 0.485 e. The summed E-state index contributed by atoms with van der Waals surface area (Å²) in [6, 6.07) is 5.11. The Morgan fingerprint density at radius 3 is 2.96 bits per heavy atom. The van der Waals surface area contributed by atoms with E-state index in [-0.39, 0.29) is 6.10 Å². The number of nitrogens with zero attached hydrogens (tertiary/aromatic N) is 4. The quantitative estimate of drug-likeness (QED) is 0.797. The molecule has 0 unspecified atom stereocenters. The zero-order chi connectivity index (χ0) is 16.7. The van der Waals surface area contributed by atoms with E-state index < -0.39 is 5.82 Å². The van der Waals surface area contributed by atoms with Gasteiger partial charge in [0.15, 0.2) is 17.4 Å². The molecule has 2 N–H and O–H groups in total. The number of hydrogen-bond donors (Lipinski definition) is 1. The summed E-state index contributed by atoms with van der Waals surface area (Å²) in [5.74, 6) is 0.532. The molecule has 122 valence electrons. The highest BCUT2D eigenvalue weighted by molar-refractivity contribution is 5.64. The number of nitrogens with two attached hydrogens (primary N) is 1. The number of rotatable bonds is 3. The Morgan fingerprint density at radius 2 is 2.21 bits per heavy atom. The van der Waals surface area contributed by atoms with Crippen LogP contribution in [0.2, 0.25) is 0 Å². The van der Waals surface area contributed by atoms with Gasteiger partial charge < -0.3 is 10.5 Å². The van der Waals surface area contributed by atoms with Crippen molar-refractivity contribution in [1.82, 2.24) is 19.7 Å². The molecule has 0 spiro atoms. The first kappa shape index (κ1) is 14.8. The van der Waals surface area contributed by atoms with Gasteiger partial charge in [-0.1, -0.05) is 0 Å². The van der Waals surface area contributed by atoms with Gasteiger partial charge in [0.05, 0.1) is 11.9 Å². The van der Waals surface area contributed by atoms with E-state index in [4.69, 9.17) is 10.5 Å². The number of halogens is 1. The van der Waals surface area contributed by atoms with Crippen LogP contribution in [0.3, 0.4) is 0 Å². The summed E-state index contributed by atoms with van der Waals surface area (Å²) in [5, 5.41) is 4.24. The lowest BCUT2D eigenvalue weighted by Gasteiger charge is -2.08. The van der Waals surface area contributed by atoms with Crippen molar-refractivity contribution in [3.8, 4) is 22.8 Å². The van der Waals surface area contributed by atoms with E-state index >= 15 is 0 Å². The van der Waals surface area contributed by atoms with Crippen LogP contribution in [0.5, 0.6) is 5.75 Å². The molecule has 3 heterocycles. The zero-order valence-corrected chi connectivity index (χ0v) is 13.1. The molecule has 2 aromatic heterocycles. The van der Waals surface area contributed by atoms with Crippen molar-refractivity contribution in [2.45, 2.75) is 19.4 Å². The second-order valence-corrected chi connectivity index (χ2v) is 5.85. The number of aryl methyl sites for hydroxylation is 1. The van der Waals surface area contributed by atoms with Crippen LogP contribution in [0.15, 0.2) is 36.9 Å². The van der Waals surface area contributed by atoms with Gasteiger partial charge in [-0.2, -0.15) is 5.10 Å². The van der Waals surface area contributed by atoms with E-state index in [1.165, 1.54) is 12.4 Å². The van der Waals surface area contributed by atoms with E-state index in [0.717, 1.165) is 11.1 Å². The number of aromatic nitrogens is 4. The Bertz CT molecular complexity index is 908. The molecule has 4 rings (SSSR count). The summed E-state index contributed by atoms with van der Waals surface area (Å²) in [7, 11) is 0. The first-order chi connectivity index (χ1) is 11.6. The summed E-state index contributed by atoms with van der Waals surface area (Å²) in [5.41, 5.74) is 8.78. The minimum absolute atomic E-state index is 0.169. The Labute approximate surface area is 138 Å². The SMILES string of the molecule is Cc1cnn(-c2cc(-c3cc(F)c4c(c3)C[C@H](CN)O4)ncn2)c1. The number of benzene rings is 1. The number of fused-ring (bicyclic) bond motifs is 1. The lowest BCUT2D eigenvalue weighted by molar-refractivity contribution is 0.232. The summed E-state index contributed by atoms with van der Waals surface area (Å²) >= 11 is 0. The minimum Gasteiger partial charge on any atom is -0.485 e. The van der Waals surface area contributed by atoms with Crippen LogP contribution < -0.4 is 10.5 Å². The van der Waals surface area contributed by atoms with E-state index in [0.29, 0.717) is 35.8 Å². The maximum absolute atomic E-state index is 14.3. The molecule has 1 aliphatic rings. The first-order valence-electron chi connectivity index (χ1n) is 7.67. The van der Waals surface area contributed by atoms with Crippen LogP contribution in [0.25, 0.3) is 17.1 Å². The van der Waals surface area contributed by atoms with Gasteiger partial charge in [0.1, 0.15) is 12.4 Å². The normalized spacial score (nSPS) is 16.0. The average Bonchev–Trinajstić information content (AvgIpc) is 3.21. The molecule has 0 amide bonds. The Morgan fingerprint density at radius 1 is 1.33 bits per heavy atom. The third kappa shape index (κ3) is 2.52. The minimum atomic E-state index is -0.395. The highest BCUT2D eigenvalue weighted by atomic mass is 19.1. The van der Waals surface area contributed by atoms with E-state index in [2.05, 4.69) is 15.1 Å². The maximum Gasteiger partial charge on any atom is 0.166 e. The monoisotopic (exact) mass is 325 g/mol. The van der Waals surface area contributed by atoms with Crippen molar-refractivity contribution in [2.24, 2.45) is 5.73 Å². The molecule has 0 bridgehead atoms. The summed E-state index contributed by atoms with van der Waals surface area (Å²) < 4.78 is 21.5. The van der Waals surface area contributed by atoms with Gasteiger partial charge in [-0.25, -0.2) is 19.0 Å². The van der Waals surface area contributed by atoms with Gasteiger partial charge in [0.2, 0.25) is 0 Å². The second-order valence-electron chi connectivity index (χ2n) is 5.85. The lowest BCUT2D eigenvalue weighted by atomic mass is 10.0. The van der Waals surface area contributed by atoms with Crippen LogP contribution in [-0.2, 0) is 6.42 Å². The average molecular weight is 325 g/mol. The molecular weight excluding hydrogens is 309 g/mol. The van der Waals surface area contributed by atoms with Crippen molar-refractivity contribution in [3.05, 3.63) is 53.9 Å². The van der Waals surface area contributed by atoms with Crippen molar-refractivity contribution < 1.29 is 9.13 Å². The maximum atomic E-state index is 14.3. The van der Waals surface area contributed by atoms with Crippen LogP contribution in [0.4, 0.5) is 4.39 Å². The van der Waals surface area contributed by atoms with Crippen molar-refractivity contribution in [3.63, 3.8) is 0 Å². The van der Waals surface area contributed by atoms with Gasteiger partial charge in [0.25, 0.3) is 0 Å². The smallest absolute Gasteiger partial charge is 0.166 e. The number of hydrogen-bond acceptors (Lipinski definition) is 5. The Balaban J connectivity index is 1.74. The summed E-state index contributed by atoms with van der Waals surface area (Å²) in [6.45, 7) is 2.31. The third-order valence-corrected chi connectivity index (χ3v) is 4.01. The van der Waals surface area contributed by atoms with Crippen LogP contribution in [-0.4, -0.2) is 32.4 Å². The summed E-state index contributed by atoms with van der Waals surface area (Å²) in [6.07, 6.45) is 5.51. The van der Waals surface area contributed by atoms with Crippen LogP contribution in [0.1, 0.15) is 11.1 Å². The molecule has 24 heavy (non-hydrogen) atoms. The molecule has 0 saturated heterocycles. The zero-order valence-electron chi connectivity index (χ0n) is 13.1.